The van der Waals surface area contributed by atoms with E-state index in [0.717, 1.165) is 11.3 Å². The molecule has 2 unspecified atom stereocenters. The zero-order chi connectivity index (χ0) is 18.1. The van der Waals surface area contributed by atoms with Gasteiger partial charge in [0.05, 0.1) is 17.5 Å². The summed E-state index contributed by atoms with van der Waals surface area (Å²) in [5.74, 6) is -1.49. The highest BCUT2D eigenvalue weighted by Gasteiger charge is 2.41. The van der Waals surface area contributed by atoms with Crippen LogP contribution in [0.4, 0.5) is 0 Å². The van der Waals surface area contributed by atoms with Gasteiger partial charge in [-0.3, -0.25) is 4.79 Å². The topological polar surface area (TPSA) is 97.6 Å². The van der Waals surface area contributed by atoms with Crippen LogP contribution in [-0.2, 0) is 9.53 Å². The van der Waals surface area contributed by atoms with Crippen LogP contribution in [0.5, 0.6) is 0 Å². The van der Waals surface area contributed by atoms with E-state index in [1.165, 1.54) is 12.0 Å². The van der Waals surface area contributed by atoms with Crippen LogP contribution in [0.3, 0.4) is 0 Å². The smallest absolute Gasteiger partial charge is 0.326 e. The van der Waals surface area contributed by atoms with Gasteiger partial charge < -0.3 is 14.7 Å². The van der Waals surface area contributed by atoms with Gasteiger partial charge in [-0.05, 0) is 26.0 Å². The summed E-state index contributed by atoms with van der Waals surface area (Å²) in [4.78, 5) is 25.6. The summed E-state index contributed by atoms with van der Waals surface area (Å²) in [6.07, 6.45) is -0.0274. The molecule has 1 aromatic heterocycles. The molecule has 0 saturated carbocycles. The molecule has 2 heterocycles. The Kier molecular flexibility index (Phi) is 4.54. The van der Waals surface area contributed by atoms with E-state index in [4.69, 9.17) is 4.74 Å². The van der Waals surface area contributed by atoms with Crippen molar-refractivity contribution in [3.8, 4) is 5.69 Å². The average Bonchev–Trinajstić information content (AvgIpc) is 3.19. The monoisotopic (exact) mass is 344 g/mol. The first-order valence-electron chi connectivity index (χ1n) is 7.98. The maximum atomic E-state index is 12.8. The van der Waals surface area contributed by atoms with E-state index in [0.29, 0.717) is 5.69 Å². The normalized spacial score (nSPS) is 20.0. The third-order valence-corrected chi connectivity index (χ3v) is 4.52. The zero-order valence-corrected chi connectivity index (χ0v) is 14.3. The molecule has 0 radical (unpaired) electrons. The lowest BCUT2D eigenvalue weighted by Crippen LogP contribution is -2.41. The molecule has 0 aliphatic carbocycles. The summed E-state index contributed by atoms with van der Waals surface area (Å²) in [6.45, 7) is 3.95. The highest BCUT2D eigenvalue weighted by Crippen LogP contribution is 2.23. The molecular weight excluding hydrogens is 324 g/mol. The number of carboxylic acid groups (broad SMARTS) is 1. The van der Waals surface area contributed by atoms with Crippen molar-refractivity contribution in [2.75, 3.05) is 13.7 Å². The number of carboxylic acids is 1. The molecule has 1 N–H and O–H groups in total. The molecule has 1 aliphatic heterocycles. The van der Waals surface area contributed by atoms with Crippen molar-refractivity contribution in [1.29, 1.82) is 0 Å². The van der Waals surface area contributed by atoms with Crippen LogP contribution in [0.15, 0.2) is 24.3 Å². The molecule has 132 valence electrons. The van der Waals surface area contributed by atoms with Gasteiger partial charge in [-0.1, -0.05) is 22.9 Å². The molecule has 0 bridgehead atoms. The molecule has 1 aliphatic rings. The minimum Gasteiger partial charge on any atom is -0.480 e. The summed E-state index contributed by atoms with van der Waals surface area (Å²) in [7, 11) is 1.51. The van der Waals surface area contributed by atoms with Gasteiger partial charge in [-0.2, -0.15) is 0 Å². The molecule has 3 rings (SSSR count). The molecule has 1 amide bonds. The van der Waals surface area contributed by atoms with Crippen LogP contribution in [0.2, 0.25) is 0 Å². The number of carbonyl (C=O) groups excluding carboxylic acids is 1. The Morgan fingerprint density at radius 3 is 2.52 bits per heavy atom. The number of methoxy groups -OCH3 is 1. The van der Waals surface area contributed by atoms with Crippen LogP contribution >= 0.6 is 0 Å². The second kappa shape index (κ2) is 6.64. The van der Waals surface area contributed by atoms with Crippen LogP contribution in [0.1, 0.15) is 28.2 Å². The number of rotatable bonds is 4. The Hall–Kier alpha value is -2.74. The van der Waals surface area contributed by atoms with Crippen LogP contribution in [0, 0.1) is 13.8 Å². The van der Waals surface area contributed by atoms with E-state index < -0.39 is 17.9 Å². The van der Waals surface area contributed by atoms with E-state index in [1.54, 1.807) is 11.6 Å². The zero-order valence-electron chi connectivity index (χ0n) is 14.3. The van der Waals surface area contributed by atoms with Crippen molar-refractivity contribution in [2.45, 2.75) is 32.4 Å². The summed E-state index contributed by atoms with van der Waals surface area (Å²) < 4.78 is 6.80. The molecule has 2 aromatic rings. The van der Waals surface area contributed by atoms with Gasteiger partial charge >= 0.3 is 5.97 Å². The Morgan fingerprint density at radius 1 is 1.24 bits per heavy atom. The first kappa shape index (κ1) is 17.1. The first-order chi connectivity index (χ1) is 11.9. The number of nitrogens with zero attached hydrogens (tertiary/aromatic N) is 4. The maximum absolute atomic E-state index is 12.8. The fourth-order valence-electron chi connectivity index (χ4n) is 3.02. The van der Waals surface area contributed by atoms with Crippen molar-refractivity contribution in [3.63, 3.8) is 0 Å². The van der Waals surface area contributed by atoms with Gasteiger partial charge in [0.2, 0.25) is 0 Å². The van der Waals surface area contributed by atoms with Crippen LogP contribution < -0.4 is 0 Å². The number of aryl methyl sites for hydroxylation is 1. The first-order valence-corrected chi connectivity index (χ1v) is 7.98. The summed E-state index contributed by atoms with van der Waals surface area (Å²) in [6, 6.07) is 6.76. The predicted octanol–water partition coefficient (Wildman–Crippen LogP) is 1.20. The molecule has 8 heteroatoms. The van der Waals surface area contributed by atoms with Gasteiger partial charge in [0.1, 0.15) is 6.04 Å². The fourth-order valence-corrected chi connectivity index (χ4v) is 3.02. The molecule has 0 spiro atoms. The highest BCUT2D eigenvalue weighted by atomic mass is 16.5. The molecule has 8 nitrogen and oxygen atoms in total. The van der Waals surface area contributed by atoms with Gasteiger partial charge in [0.15, 0.2) is 5.69 Å². The van der Waals surface area contributed by atoms with E-state index >= 15 is 0 Å². The number of aromatic nitrogens is 3. The van der Waals surface area contributed by atoms with Crippen molar-refractivity contribution in [3.05, 3.63) is 41.2 Å². The fraction of sp³-hybridized carbons (Fsp3) is 0.412. The van der Waals surface area contributed by atoms with Crippen molar-refractivity contribution in [1.82, 2.24) is 19.9 Å². The van der Waals surface area contributed by atoms with Crippen LogP contribution in [0.25, 0.3) is 5.69 Å². The van der Waals surface area contributed by atoms with E-state index in [9.17, 15) is 14.7 Å². The lowest BCUT2D eigenvalue weighted by atomic mass is 10.2. The quantitative estimate of drug-likeness (QED) is 0.895. The van der Waals surface area contributed by atoms with Crippen molar-refractivity contribution >= 4 is 11.9 Å². The minimum atomic E-state index is -1.04. The summed E-state index contributed by atoms with van der Waals surface area (Å²) >= 11 is 0. The third-order valence-electron chi connectivity index (χ3n) is 4.52. The van der Waals surface area contributed by atoms with Crippen molar-refractivity contribution in [2.24, 2.45) is 0 Å². The van der Waals surface area contributed by atoms with E-state index in [-0.39, 0.29) is 24.8 Å². The predicted molar refractivity (Wildman–Crippen MR) is 88.7 cm³/mol. The average molecular weight is 344 g/mol. The molecule has 1 saturated heterocycles. The van der Waals surface area contributed by atoms with E-state index in [1.807, 2.05) is 31.2 Å². The van der Waals surface area contributed by atoms with Gasteiger partial charge in [0, 0.05) is 20.1 Å². The van der Waals surface area contributed by atoms with Gasteiger partial charge in [0.25, 0.3) is 5.91 Å². The number of carbonyl (C=O) groups is 2. The van der Waals surface area contributed by atoms with Crippen molar-refractivity contribution < 1.29 is 19.4 Å². The maximum Gasteiger partial charge on any atom is 0.326 e. The molecule has 25 heavy (non-hydrogen) atoms. The third kappa shape index (κ3) is 3.12. The lowest BCUT2D eigenvalue weighted by molar-refractivity contribution is -0.141. The minimum absolute atomic E-state index is 0.156. The van der Waals surface area contributed by atoms with Crippen LogP contribution in [-0.4, -0.2) is 62.7 Å². The number of benzene rings is 1. The largest absolute Gasteiger partial charge is 0.480 e. The number of hydrogen-bond acceptors (Lipinski definition) is 5. The Balaban J connectivity index is 1.90. The Bertz CT molecular complexity index is 799. The molecule has 1 fully saturated rings. The summed E-state index contributed by atoms with van der Waals surface area (Å²) in [5, 5.41) is 17.4. The second-order valence-corrected chi connectivity index (χ2v) is 6.18. The standard InChI is InChI=1S/C17H20N4O4/c1-10-4-6-12(7-5-10)21-11(2)15(18-19-21)16(22)20-9-13(25-3)8-14(20)17(23)24/h4-7,13-14H,8-9H2,1-3H3,(H,23,24). The molecule has 2 atom stereocenters. The van der Waals surface area contributed by atoms with E-state index in [2.05, 4.69) is 10.3 Å². The Morgan fingerprint density at radius 2 is 1.92 bits per heavy atom. The lowest BCUT2D eigenvalue weighted by Gasteiger charge is -2.20. The molecular formula is C17H20N4O4. The molecule has 1 aromatic carbocycles. The number of likely N-dealkylation sites (tertiary alicyclic amines) is 1. The van der Waals surface area contributed by atoms with Gasteiger partial charge in [-0.25, -0.2) is 9.48 Å². The highest BCUT2D eigenvalue weighted by molar-refractivity contribution is 5.96. The number of aliphatic carboxylic acids is 1. The summed E-state index contributed by atoms with van der Waals surface area (Å²) in [5.41, 5.74) is 2.63. The SMILES string of the molecule is COC1CC(C(=O)O)N(C(=O)c2nnn(-c3ccc(C)cc3)c2C)C1. The number of ether oxygens (including phenoxy) is 1. The number of hydrogen-bond donors (Lipinski definition) is 1. The Labute approximate surface area is 145 Å². The number of amides is 1. The van der Waals surface area contributed by atoms with Gasteiger partial charge in [-0.15, -0.1) is 5.10 Å². The second-order valence-electron chi connectivity index (χ2n) is 6.18.